The van der Waals surface area contributed by atoms with E-state index in [1.165, 1.54) is 25.1 Å². The summed E-state index contributed by atoms with van der Waals surface area (Å²) in [5.41, 5.74) is 1.28. The number of benzene rings is 1. The predicted octanol–water partition coefficient (Wildman–Crippen LogP) is 0.871. The Bertz CT molecular complexity index is 663. The van der Waals surface area contributed by atoms with Gasteiger partial charge in [-0.15, -0.1) is 0 Å². The van der Waals surface area contributed by atoms with Crippen LogP contribution in [0.25, 0.3) is 0 Å². The number of nitrogens with one attached hydrogen (secondary N) is 2. The highest BCUT2D eigenvalue weighted by molar-refractivity contribution is 5.79. The first-order chi connectivity index (χ1) is 15.2. The average Bonchev–Trinajstić information content (AvgIpc) is 3.03. The third-order valence-corrected chi connectivity index (χ3v) is 6.21. The molecule has 0 spiro atoms. The molecule has 2 N–H and O–H groups in total. The van der Waals surface area contributed by atoms with Gasteiger partial charge in [-0.3, -0.25) is 9.89 Å². The minimum atomic E-state index is 0.259. The van der Waals surface area contributed by atoms with Gasteiger partial charge in [-0.25, -0.2) is 0 Å². The molecule has 0 bridgehead atoms. The lowest BCUT2D eigenvalue weighted by atomic mass is 10.0. The normalized spacial score (nSPS) is 20.8. The first kappa shape index (κ1) is 23.8. The number of hydrogen-bond acceptors (Lipinski definition) is 6. The van der Waals surface area contributed by atoms with E-state index in [0.29, 0.717) is 0 Å². The summed E-state index contributed by atoms with van der Waals surface area (Å²) in [6, 6.07) is 8.65. The molecule has 2 aliphatic rings. The Labute approximate surface area is 187 Å². The van der Waals surface area contributed by atoms with E-state index in [1.54, 1.807) is 7.11 Å². The standard InChI is InChI=1S/C23H40N6O2/c1-24-23(25-9-12-28-11-4-10-27(2)13-14-28)26-19-22(29-15-17-31-18-16-29)20-5-7-21(30-3)8-6-20/h5-8,22H,4,9-19H2,1-3H3,(H2,24,25,26). The lowest BCUT2D eigenvalue weighted by Crippen LogP contribution is -2.47. The molecule has 1 aromatic carbocycles. The van der Waals surface area contributed by atoms with Crippen molar-refractivity contribution in [2.24, 2.45) is 4.99 Å². The van der Waals surface area contributed by atoms with Gasteiger partial charge < -0.3 is 29.9 Å². The molecular weight excluding hydrogens is 392 g/mol. The van der Waals surface area contributed by atoms with Crippen LogP contribution in [-0.4, -0.2) is 114 Å². The highest BCUT2D eigenvalue weighted by Crippen LogP contribution is 2.23. The molecule has 1 aromatic rings. The number of methoxy groups -OCH3 is 1. The molecule has 0 saturated carbocycles. The zero-order valence-electron chi connectivity index (χ0n) is 19.5. The summed E-state index contributed by atoms with van der Waals surface area (Å²) in [7, 11) is 5.75. The Morgan fingerprint density at radius 3 is 2.55 bits per heavy atom. The van der Waals surface area contributed by atoms with Gasteiger partial charge in [0.2, 0.25) is 0 Å². The van der Waals surface area contributed by atoms with Crippen LogP contribution in [-0.2, 0) is 4.74 Å². The fourth-order valence-corrected chi connectivity index (χ4v) is 4.24. The summed E-state index contributed by atoms with van der Waals surface area (Å²) in [6.07, 6.45) is 1.24. The van der Waals surface area contributed by atoms with Crippen molar-refractivity contribution in [2.75, 3.05) is 93.3 Å². The molecule has 2 saturated heterocycles. The number of rotatable bonds is 8. The number of ether oxygens (including phenoxy) is 2. The Hall–Kier alpha value is -1.87. The molecular formula is C23H40N6O2. The summed E-state index contributed by atoms with van der Waals surface area (Å²) < 4.78 is 10.9. The fraction of sp³-hybridized carbons (Fsp3) is 0.696. The Balaban J connectivity index is 1.52. The molecule has 0 aliphatic carbocycles. The average molecular weight is 433 g/mol. The first-order valence-electron chi connectivity index (χ1n) is 11.5. The van der Waals surface area contributed by atoms with Gasteiger partial charge in [0, 0.05) is 52.9 Å². The van der Waals surface area contributed by atoms with Gasteiger partial charge >= 0.3 is 0 Å². The molecule has 2 heterocycles. The number of aliphatic imine (C=N–C) groups is 1. The largest absolute Gasteiger partial charge is 0.497 e. The van der Waals surface area contributed by atoms with Crippen molar-refractivity contribution in [1.82, 2.24) is 25.3 Å². The molecule has 0 radical (unpaired) electrons. The lowest BCUT2D eigenvalue weighted by molar-refractivity contribution is 0.0170. The maximum Gasteiger partial charge on any atom is 0.191 e. The number of morpholine rings is 1. The minimum Gasteiger partial charge on any atom is -0.497 e. The molecule has 8 nitrogen and oxygen atoms in total. The minimum absolute atomic E-state index is 0.259. The summed E-state index contributed by atoms with van der Waals surface area (Å²) in [5.74, 6) is 1.74. The van der Waals surface area contributed by atoms with Gasteiger partial charge in [-0.2, -0.15) is 0 Å². The van der Waals surface area contributed by atoms with Crippen LogP contribution < -0.4 is 15.4 Å². The van der Waals surface area contributed by atoms with Crippen LogP contribution in [0.4, 0.5) is 0 Å². The van der Waals surface area contributed by atoms with E-state index >= 15 is 0 Å². The van der Waals surface area contributed by atoms with Crippen molar-refractivity contribution in [3.63, 3.8) is 0 Å². The molecule has 0 aromatic heterocycles. The lowest BCUT2D eigenvalue weighted by Gasteiger charge is -2.35. The highest BCUT2D eigenvalue weighted by Gasteiger charge is 2.23. The zero-order chi connectivity index (χ0) is 21.9. The van der Waals surface area contributed by atoms with E-state index in [-0.39, 0.29) is 6.04 Å². The van der Waals surface area contributed by atoms with Gasteiger partial charge in [0.05, 0.1) is 26.4 Å². The maximum absolute atomic E-state index is 5.57. The van der Waals surface area contributed by atoms with E-state index in [0.717, 1.165) is 70.7 Å². The van der Waals surface area contributed by atoms with Crippen LogP contribution in [0, 0.1) is 0 Å². The summed E-state index contributed by atoms with van der Waals surface area (Å²) in [5, 5.41) is 7.05. The number of guanidine groups is 1. The van der Waals surface area contributed by atoms with Crippen LogP contribution in [0.2, 0.25) is 0 Å². The van der Waals surface area contributed by atoms with Crippen molar-refractivity contribution in [3.8, 4) is 5.75 Å². The Morgan fingerprint density at radius 1 is 1.06 bits per heavy atom. The van der Waals surface area contributed by atoms with Crippen molar-refractivity contribution < 1.29 is 9.47 Å². The van der Waals surface area contributed by atoms with Crippen molar-refractivity contribution in [2.45, 2.75) is 12.5 Å². The van der Waals surface area contributed by atoms with Crippen LogP contribution in [0.1, 0.15) is 18.0 Å². The van der Waals surface area contributed by atoms with Crippen LogP contribution in [0.5, 0.6) is 5.75 Å². The molecule has 31 heavy (non-hydrogen) atoms. The Morgan fingerprint density at radius 2 is 1.84 bits per heavy atom. The summed E-state index contributed by atoms with van der Waals surface area (Å²) in [6.45, 7) is 10.8. The maximum atomic E-state index is 5.57. The van der Waals surface area contributed by atoms with Gasteiger partial charge in [-0.05, 0) is 44.3 Å². The van der Waals surface area contributed by atoms with Gasteiger partial charge in [0.1, 0.15) is 5.75 Å². The quantitative estimate of drug-likeness (QED) is 0.467. The first-order valence-corrected chi connectivity index (χ1v) is 11.5. The van der Waals surface area contributed by atoms with Crippen molar-refractivity contribution in [1.29, 1.82) is 0 Å². The third kappa shape index (κ3) is 7.64. The van der Waals surface area contributed by atoms with E-state index in [2.05, 4.69) is 49.5 Å². The number of likely N-dealkylation sites (N-methyl/N-ethyl adjacent to an activating group) is 1. The SMILES string of the molecule is CN=C(NCCN1CCCN(C)CC1)NCC(c1ccc(OC)cc1)N1CCOCC1. The van der Waals surface area contributed by atoms with Gasteiger partial charge in [0.25, 0.3) is 0 Å². The second-order valence-electron chi connectivity index (χ2n) is 8.32. The molecule has 8 heteroatoms. The van der Waals surface area contributed by atoms with Crippen molar-refractivity contribution in [3.05, 3.63) is 29.8 Å². The van der Waals surface area contributed by atoms with E-state index < -0.39 is 0 Å². The molecule has 174 valence electrons. The van der Waals surface area contributed by atoms with Crippen LogP contribution in [0.15, 0.2) is 29.3 Å². The zero-order valence-corrected chi connectivity index (χ0v) is 19.5. The smallest absolute Gasteiger partial charge is 0.191 e. The van der Waals surface area contributed by atoms with E-state index in [1.807, 2.05) is 19.2 Å². The van der Waals surface area contributed by atoms with Crippen LogP contribution >= 0.6 is 0 Å². The summed E-state index contributed by atoms with van der Waals surface area (Å²) >= 11 is 0. The second kappa shape index (κ2) is 12.9. The monoisotopic (exact) mass is 432 g/mol. The fourth-order valence-electron chi connectivity index (χ4n) is 4.24. The van der Waals surface area contributed by atoms with E-state index in [4.69, 9.17) is 9.47 Å². The molecule has 1 unspecified atom stereocenters. The van der Waals surface area contributed by atoms with Crippen molar-refractivity contribution >= 4 is 5.96 Å². The van der Waals surface area contributed by atoms with E-state index in [9.17, 15) is 0 Å². The highest BCUT2D eigenvalue weighted by atomic mass is 16.5. The van der Waals surface area contributed by atoms with Gasteiger partial charge in [0.15, 0.2) is 5.96 Å². The molecule has 3 rings (SSSR count). The number of nitrogens with zero attached hydrogens (tertiary/aromatic N) is 4. The number of hydrogen-bond donors (Lipinski definition) is 2. The molecule has 2 aliphatic heterocycles. The predicted molar refractivity (Wildman–Crippen MR) is 126 cm³/mol. The topological polar surface area (TPSA) is 64.6 Å². The molecule has 2 fully saturated rings. The molecule has 0 amide bonds. The van der Waals surface area contributed by atoms with Crippen LogP contribution in [0.3, 0.4) is 0 Å². The van der Waals surface area contributed by atoms with Gasteiger partial charge in [-0.1, -0.05) is 12.1 Å². The third-order valence-electron chi connectivity index (χ3n) is 6.21. The summed E-state index contributed by atoms with van der Waals surface area (Å²) in [4.78, 5) is 11.9. The second-order valence-corrected chi connectivity index (χ2v) is 8.32. The molecule has 1 atom stereocenters. The Kier molecular flexibility index (Phi) is 9.86.